The molecular formula is C17H14F3NO2S. The molecule has 2 aromatic carbocycles. The van der Waals surface area contributed by atoms with E-state index in [1.54, 1.807) is 12.1 Å². The van der Waals surface area contributed by atoms with Crippen LogP contribution in [0.1, 0.15) is 16.7 Å². The summed E-state index contributed by atoms with van der Waals surface area (Å²) in [6.45, 7) is 8.97. The standard InChI is InChI=1S/C17H14F3NO2S/c1-12-3-9-15(10-4-12)24(22,23)16(21-2)11-13-5-7-14(8-6-13)17(18,19)20/h3-10,16H,11H2,1H3. The molecule has 0 aliphatic carbocycles. The Morgan fingerprint density at radius 2 is 1.58 bits per heavy atom. The summed E-state index contributed by atoms with van der Waals surface area (Å²) in [4.78, 5) is 3.19. The zero-order chi connectivity index (χ0) is 18.0. The van der Waals surface area contributed by atoms with Gasteiger partial charge in [0.05, 0.1) is 16.9 Å². The average Bonchev–Trinajstić information content (AvgIpc) is 2.52. The second kappa shape index (κ2) is 6.65. The van der Waals surface area contributed by atoms with Gasteiger partial charge in [0.15, 0.2) is 0 Å². The van der Waals surface area contributed by atoms with Crippen molar-refractivity contribution < 1.29 is 21.6 Å². The Kier molecular flexibility index (Phi) is 4.99. The molecular weight excluding hydrogens is 339 g/mol. The maximum Gasteiger partial charge on any atom is 0.416 e. The highest BCUT2D eigenvalue weighted by molar-refractivity contribution is 7.92. The maximum absolute atomic E-state index is 12.5. The first-order valence-corrected chi connectivity index (χ1v) is 8.52. The Hall–Kier alpha value is -2.33. The van der Waals surface area contributed by atoms with Crippen molar-refractivity contribution in [3.63, 3.8) is 0 Å². The van der Waals surface area contributed by atoms with E-state index < -0.39 is 27.0 Å². The lowest BCUT2D eigenvalue weighted by Crippen LogP contribution is -2.20. The van der Waals surface area contributed by atoms with Crippen molar-refractivity contribution in [2.45, 2.75) is 29.8 Å². The lowest BCUT2D eigenvalue weighted by atomic mass is 10.1. The average molecular weight is 353 g/mol. The van der Waals surface area contributed by atoms with E-state index >= 15 is 0 Å². The Balaban J connectivity index is 2.26. The molecule has 2 aromatic rings. The Morgan fingerprint density at radius 3 is 2.04 bits per heavy atom. The van der Waals surface area contributed by atoms with Crippen LogP contribution in [-0.4, -0.2) is 13.8 Å². The SMILES string of the molecule is [C-]#[N+]C(Cc1ccc(C(F)(F)F)cc1)S(=O)(=O)c1ccc(C)cc1. The molecule has 0 aliphatic heterocycles. The summed E-state index contributed by atoms with van der Waals surface area (Å²) in [7, 11) is -3.88. The van der Waals surface area contributed by atoms with Crippen LogP contribution in [0.15, 0.2) is 53.4 Å². The topological polar surface area (TPSA) is 38.5 Å². The van der Waals surface area contributed by atoms with Crippen molar-refractivity contribution in [2.24, 2.45) is 0 Å². The predicted molar refractivity (Wildman–Crippen MR) is 83.9 cm³/mol. The van der Waals surface area contributed by atoms with Gasteiger partial charge in [-0.15, -0.1) is 0 Å². The van der Waals surface area contributed by atoms with Gasteiger partial charge in [0.2, 0.25) is 0 Å². The molecule has 126 valence electrons. The van der Waals surface area contributed by atoms with Crippen LogP contribution < -0.4 is 0 Å². The Bertz CT molecular complexity index is 849. The summed E-state index contributed by atoms with van der Waals surface area (Å²) < 4.78 is 62.7. The number of hydrogen-bond acceptors (Lipinski definition) is 2. The zero-order valence-corrected chi connectivity index (χ0v) is 13.5. The molecule has 0 saturated heterocycles. The number of sulfone groups is 1. The van der Waals surface area contributed by atoms with Gasteiger partial charge in [-0.05, 0) is 36.8 Å². The number of nitrogens with zero attached hydrogens (tertiary/aromatic N) is 1. The molecule has 0 aromatic heterocycles. The van der Waals surface area contributed by atoms with E-state index in [1.807, 2.05) is 6.92 Å². The molecule has 0 fully saturated rings. The van der Waals surface area contributed by atoms with Gasteiger partial charge in [-0.1, -0.05) is 29.8 Å². The molecule has 0 N–H and O–H groups in total. The third-order valence-electron chi connectivity index (χ3n) is 3.54. The first-order chi connectivity index (χ1) is 11.1. The van der Waals surface area contributed by atoms with Crippen molar-refractivity contribution >= 4 is 9.84 Å². The van der Waals surface area contributed by atoms with Crippen molar-refractivity contribution in [1.82, 2.24) is 0 Å². The monoisotopic (exact) mass is 353 g/mol. The van der Waals surface area contributed by atoms with E-state index in [0.29, 0.717) is 5.56 Å². The van der Waals surface area contributed by atoms with Crippen molar-refractivity contribution in [3.05, 3.63) is 76.6 Å². The van der Waals surface area contributed by atoms with Gasteiger partial charge in [0.1, 0.15) is 0 Å². The third-order valence-corrected chi connectivity index (χ3v) is 5.46. The molecule has 0 aliphatic rings. The fourth-order valence-corrected chi connectivity index (χ4v) is 3.52. The van der Waals surface area contributed by atoms with Gasteiger partial charge in [-0.3, -0.25) is 4.85 Å². The molecule has 24 heavy (non-hydrogen) atoms. The lowest BCUT2D eigenvalue weighted by Gasteiger charge is -2.10. The lowest BCUT2D eigenvalue weighted by molar-refractivity contribution is -0.137. The highest BCUT2D eigenvalue weighted by atomic mass is 32.2. The second-order valence-electron chi connectivity index (χ2n) is 5.34. The van der Waals surface area contributed by atoms with Gasteiger partial charge in [0, 0.05) is 0 Å². The summed E-state index contributed by atoms with van der Waals surface area (Å²) in [6, 6.07) is 10.3. The maximum atomic E-state index is 12.5. The number of rotatable bonds is 4. The van der Waals surface area contributed by atoms with Gasteiger partial charge < -0.3 is 0 Å². The predicted octanol–water partition coefficient (Wildman–Crippen LogP) is 4.28. The zero-order valence-electron chi connectivity index (χ0n) is 12.7. The number of alkyl halides is 3. The van der Waals surface area contributed by atoms with E-state index in [9.17, 15) is 21.6 Å². The fourth-order valence-electron chi connectivity index (χ4n) is 2.14. The molecule has 3 nitrogen and oxygen atoms in total. The molecule has 2 rings (SSSR count). The largest absolute Gasteiger partial charge is 0.416 e. The van der Waals surface area contributed by atoms with Gasteiger partial charge in [0.25, 0.3) is 9.84 Å². The van der Waals surface area contributed by atoms with Crippen LogP contribution in [-0.2, 0) is 22.4 Å². The quantitative estimate of drug-likeness (QED) is 0.770. The highest BCUT2D eigenvalue weighted by Gasteiger charge is 2.34. The van der Waals surface area contributed by atoms with E-state index in [2.05, 4.69) is 4.85 Å². The van der Waals surface area contributed by atoms with Crippen LogP contribution in [0.3, 0.4) is 0 Å². The Labute approximate surface area is 138 Å². The molecule has 0 saturated carbocycles. The summed E-state index contributed by atoms with van der Waals surface area (Å²) in [6.07, 6.45) is -4.62. The summed E-state index contributed by atoms with van der Waals surface area (Å²) >= 11 is 0. The minimum absolute atomic E-state index is 0.0287. The van der Waals surface area contributed by atoms with E-state index in [-0.39, 0.29) is 11.3 Å². The first-order valence-electron chi connectivity index (χ1n) is 6.98. The molecule has 0 radical (unpaired) electrons. The molecule has 0 bridgehead atoms. The van der Waals surface area contributed by atoms with E-state index in [1.165, 1.54) is 24.3 Å². The van der Waals surface area contributed by atoms with Crippen molar-refractivity contribution in [3.8, 4) is 0 Å². The minimum atomic E-state index is -4.45. The van der Waals surface area contributed by atoms with Crippen LogP contribution in [0, 0.1) is 13.5 Å². The van der Waals surface area contributed by atoms with Gasteiger partial charge in [-0.2, -0.15) is 13.2 Å². The Morgan fingerprint density at radius 1 is 1.04 bits per heavy atom. The molecule has 1 unspecified atom stereocenters. The normalized spacial score (nSPS) is 13.3. The van der Waals surface area contributed by atoms with Crippen LogP contribution in [0.5, 0.6) is 0 Å². The molecule has 1 atom stereocenters. The smallest absolute Gasteiger partial charge is 0.296 e. The van der Waals surface area contributed by atoms with Crippen molar-refractivity contribution in [2.75, 3.05) is 0 Å². The number of halogens is 3. The molecule has 7 heteroatoms. The fraction of sp³-hybridized carbons (Fsp3) is 0.235. The summed E-state index contributed by atoms with van der Waals surface area (Å²) in [5.74, 6) is 0. The number of aryl methyl sites for hydroxylation is 1. The molecule has 0 amide bonds. The van der Waals surface area contributed by atoms with Gasteiger partial charge in [-0.25, -0.2) is 15.0 Å². The minimum Gasteiger partial charge on any atom is -0.296 e. The van der Waals surface area contributed by atoms with Gasteiger partial charge >= 0.3 is 11.6 Å². The van der Waals surface area contributed by atoms with Crippen LogP contribution in [0.4, 0.5) is 13.2 Å². The van der Waals surface area contributed by atoms with E-state index in [4.69, 9.17) is 6.57 Å². The summed E-state index contributed by atoms with van der Waals surface area (Å²) in [5.41, 5.74) is 0.433. The second-order valence-corrected chi connectivity index (χ2v) is 7.45. The third kappa shape index (κ3) is 3.95. The first kappa shape index (κ1) is 18.0. The summed E-state index contributed by atoms with van der Waals surface area (Å²) in [5, 5.41) is -1.38. The van der Waals surface area contributed by atoms with E-state index in [0.717, 1.165) is 17.7 Å². The molecule has 0 heterocycles. The number of hydrogen-bond donors (Lipinski definition) is 0. The van der Waals surface area contributed by atoms with Crippen molar-refractivity contribution in [1.29, 1.82) is 0 Å². The van der Waals surface area contributed by atoms with Crippen LogP contribution in [0.25, 0.3) is 4.85 Å². The van der Waals surface area contributed by atoms with Crippen LogP contribution in [0.2, 0.25) is 0 Å². The highest BCUT2D eigenvalue weighted by Crippen LogP contribution is 2.29. The van der Waals surface area contributed by atoms with Crippen LogP contribution >= 0.6 is 0 Å². The molecule has 0 spiro atoms. The number of benzene rings is 2.